The van der Waals surface area contributed by atoms with Gasteiger partial charge >= 0.3 is 0 Å². The molecule has 0 aliphatic carbocycles. The Morgan fingerprint density at radius 1 is 1.20 bits per heavy atom. The molecule has 112 valence electrons. The van der Waals surface area contributed by atoms with Crippen LogP contribution in [0.3, 0.4) is 0 Å². The number of ether oxygens (including phenoxy) is 1. The normalized spacial score (nSPS) is 21.1. The number of hydrogen-bond donors (Lipinski definition) is 1. The van der Waals surface area contributed by atoms with Crippen molar-refractivity contribution < 1.29 is 4.74 Å². The zero-order valence-corrected chi connectivity index (χ0v) is 13.2. The number of morpholine rings is 1. The van der Waals surface area contributed by atoms with Gasteiger partial charge in [-0.05, 0) is 30.9 Å². The maximum absolute atomic E-state index is 6.04. The van der Waals surface area contributed by atoms with Crippen molar-refractivity contribution in [3.05, 3.63) is 35.4 Å². The lowest BCUT2D eigenvalue weighted by molar-refractivity contribution is -0.0967. The molecule has 1 aliphatic rings. The van der Waals surface area contributed by atoms with Crippen LogP contribution < -0.4 is 5.73 Å². The average Bonchev–Trinajstić information content (AvgIpc) is 2.39. The van der Waals surface area contributed by atoms with Crippen LogP contribution in [-0.4, -0.2) is 36.7 Å². The minimum absolute atomic E-state index is 0.0798. The van der Waals surface area contributed by atoms with E-state index in [0.29, 0.717) is 18.5 Å². The van der Waals surface area contributed by atoms with Gasteiger partial charge in [-0.15, -0.1) is 0 Å². The molecule has 0 bridgehead atoms. The predicted molar refractivity (Wildman–Crippen MR) is 83.9 cm³/mol. The first-order valence-electron chi connectivity index (χ1n) is 7.61. The van der Waals surface area contributed by atoms with Gasteiger partial charge in [-0.1, -0.05) is 38.1 Å². The molecular formula is C17H28N2O. The molecule has 0 amide bonds. The first kappa shape index (κ1) is 15.5. The van der Waals surface area contributed by atoms with Crippen molar-refractivity contribution in [1.82, 2.24) is 4.90 Å². The van der Waals surface area contributed by atoms with Crippen LogP contribution in [0.5, 0.6) is 0 Å². The minimum Gasteiger partial charge on any atom is -0.373 e. The maximum Gasteiger partial charge on any atom is 0.0753 e. The third kappa shape index (κ3) is 3.60. The molecular weight excluding hydrogens is 248 g/mol. The molecule has 1 aromatic carbocycles. The van der Waals surface area contributed by atoms with Crippen LogP contribution in [0.4, 0.5) is 0 Å². The van der Waals surface area contributed by atoms with E-state index in [-0.39, 0.29) is 5.60 Å². The Labute approximate surface area is 123 Å². The summed E-state index contributed by atoms with van der Waals surface area (Å²) in [7, 11) is 0. The van der Waals surface area contributed by atoms with E-state index >= 15 is 0 Å². The van der Waals surface area contributed by atoms with Crippen molar-refractivity contribution >= 4 is 0 Å². The smallest absolute Gasteiger partial charge is 0.0753 e. The summed E-state index contributed by atoms with van der Waals surface area (Å²) in [6, 6.07) is 9.21. The Morgan fingerprint density at radius 3 is 2.30 bits per heavy atom. The Bertz CT molecular complexity index is 425. The molecule has 0 saturated carbocycles. The second-order valence-electron chi connectivity index (χ2n) is 6.65. The van der Waals surface area contributed by atoms with Crippen molar-refractivity contribution in [2.45, 2.75) is 45.3 Å². The van der Waals surface area contributed by atoms with Gasteiger partial charge in [0, 0.05) is 25.7 Å². The summed E-state index contributed by atoms with van der Waals surface area (Å²) < 4.78 is 5.79. The van der Waals surface area contributed by atoms with Gasteiger partial charge in [-0.3, -0.25) is 4.90 Å². The molecule has 1 atom stereocenters. The molecule has 0 aromatic heterocycles. The number of nitrogens with two attached hydrogens (primary N) is 1. The zero-order chi connectivity index (χ0) is 14.8. The highest BCUT2D eigenvalue weighted by Gasteiger charge is 2.31. The number of nitrogens with zero attached hydrogens (tertiary/aromatic N) is 1. The molecule has 3 heteroatoms. The summed E-state index contributed by atoms with van der Waals surface area (Å²) in [5.74, 6) is 0.572. The van der Waals surface area contributed by atoms with Gasteiger partial charge in [-0.2, -0.15) is 0 Å². The molecule has 0 radical (unpaired) electrons. The molecule has 20 heavy (non-hydrogen) atoms. The van der Waals surface area contributed by atoms with E-state index in [1.165, 1.54) is 11.1 Å². The highest BCUT2D eigenvalue weighted by Crippen LogP contribution is 2.27. The summed E-state index contributed by atoms with van der Waals surface area (Å²) >= 11 is 0. The summed E-state index contributed by atoms with van der Waals surface area (Å²) in [6.45, 7) is 12.1. The van der Waals surface area contributed by atoms with Gasteiger partial charge in [0.25, 0.3) is 0 Å². The molecule has 1 fully saturated rings. The minimum atomic E-state index is -0.0798. The quantitative estimate of drug-likeness (QED) is 0.919. The van der Waals surface area contributed by atoms with E-state index in [1.807, 2.05) is 0 Å². The fourth-order valence-corrected chi connectivity index (χ4v) is 2.92. The number of hydrogen-bond acceptors (Lipinski definition) is 3. The van der Waals surface area contributed by atoms with Crippen molar-refractivity contribution in [2.75, 3.05) is 26.2 Å². The highest BCUT2D eigenvalue weighted by atomic mass is 16.5. The summed E-state index contributed by atoms with van der Waals surface area (Å²) in [6.07, 6.45) is 0. The third-order valence-electron chi connectivity index (χ3n) is 4.11. The Hall–Kier alpha value is -0.900. The van der Waals surface area contributed by atoms with Crippen LogP contribution in [0.1, 0.15) is 50.8 Å². The third-order valence-corrected chi connectivity index (χ3v) is 4.11. The topological polar surface area (TPSA) is 38.5 Å². The van der Waals surface area contributed by atoms with E-state index in [9.17, 15) is 0 Å². The lowest BCUT2D eigenvalue weighted by Crippen LogP contribution is -2.50. The van der Waals surface area contributed by atoms with E-state index in [1.54, 1.807) is 0 Å². The molecule has 1 unspecified atom stereocenters. The van der Waals surface area contributed by atoms with Crippen molar-refractivity contribution in [1.29, 1.82) is 0 Å². The lowest BCUT2D eigenvalue weighted by atomic mass is 9.97. The van der Waals surface area contributed by atoms with Gasteiger partial charge in [-0.25, -0.2) is 0 Å². The molecule has 1 aromatic rings. The maximum atomic E-state index is 6.04. The molecule has 1 saturated heterocycles. The molecule has 3 nitrogen and oxygen atoms in total. The molecule has 0 spiro atoms. The predicted octanol–water partition coefficient (Wildman–Crippen LogP) is 2.92. The molecule has 2 rings (SSSR count). The van der Waals surface area contributed by atoms with Crippen LogP contribution >= 0.6 is 0 Å². The molecule has 1 aliphatic heterocycles. The summed E-state index contributed by atoms with van der Waals surface area (Å²) in [4.78, 5) is 2.45. The van der Waals surface area contributed by atoms with Gasteiger partial charge in [0.05, 0.1) is 12.2 Å². The Balaban J connectivity index is 2.15. The van der Waals surface area contributed by atoms with Gasteiger partial charge in [0.15, 0.2) is 0 Å². The number of rotatable bonds is 4. The fourth-order valence-electron chi connectivity index (χ4n) is 2.92. The first-order valence-corrected chi connectivity index (χ1v) is 7.61. The van der Waals surface area contributed by atoms with E-state index in [0.717, 1.165) is 19.7 Å². The van der Waals surface area contributed by atoms with Crippen molar-refractivity contribution in [3.8, 4) is 0 Å². The van der Waals surface area contributed by atoms with Crippen LogP contribution in [0, 0.1) is 0 Å². The molecule has 2 N–H and O–H groups in total. The first-order chi connectivity index (χ1) is 9.43. The van der Waals surface area contributed by atoms with Crippen LogP contribution in [-0.2, 0) is 4.74 Å². The monoisotopic (exact) mass is 276 g/mol. The fraction of sp³-hybridized carbons (Fsp3) is 0.647. The van der Waals surface area contributed by atoms with Crippen molar-refractivity contribution in [3.63, 3.8) is 0 Å². The van der Waals surface area contributed by atoms with Gasteiger partial charge in [0.1, 0.15) is 0 Å². The number of benzene rings is 1. The van der Waals surface area contributed by atoms with Gasteiger partial charge in [0.2, 0.25) is 0 Å². The molecule has 1 heterocycles. The van der Waals surface area contributed by atoms with E-state index < -0.39 is 0 Å². The SMILES string of the molecule is CC(C)c1ccc(C(CN)N2CCOC(C)(C)C2)cc1. The van der Waals surface area contributed by atoms with E-state index in [4.69, 9.17) is 10.5 Å². The van der Waals surface area contributed by atoms with Crippen LogP contribution in [0.2, 0.25) is 0 Å². The lowest BCUT2D eigenvalue weighted by Gasteiger charge is -2.42. The average molecular weight is 276 g/mol. The summed E-state index contributed by atoms with van der Waals surface area (Å²) in [5, 5.41) is 0. The highest BCUT2D eigenvalue weighted by molar-refractivity contribution is 5.27. The van der Waals surface area contributed by atoms with E-state index in [2.05, 4.69) is 56.9 Å². The van der Waals surface area contributed by atoms with Crippen LogP contribution in [0.25, 0.3) is 0 Å². The van der Waals surface area contributed by atoms with Crippen molar-refractivity contribution in [2.24, 2.45) is 5.73 Å². The standard InChI is InChI=1S/C17H28N2O/c1-13(2)14-5-7-15(8-6-14)16(11-18)19-9-10-20-17(3,4)12-19/h5-8,13,16H,9-12,18H2,1-4H3. The van der Waals surface area contributed by atoms with Crippen LogP contribution in [0.15, 0.2) is 24.3 Å². The van der Waals surface area contributed by atoms with Gasteiger partial charge < -0.3 is 10.5 Å². The largest absolute Gasteiger partial charge is 0.373 e. The Morgan fingerprint density at radius 2 is 1.80 bits per heavy atom. The Kier molecular flexibility index (Phi) is 4.84. The second-order valence-corrected chi connectivity index (χ2v) is 6.65. The zero-order valence-electron chi connectivity index (χ0n) is 13.2. The second kappa shape index (κ2) is 6.25. The summed E-state index contributed by atoms with van der Waals surface area (Å²) in [5.41, 5.74) is 8.66.